The van der Waals surface area contributed by atoms with Gasteiger partial charge in [-0.3, -0.25) is 4.79 Å². The van der Waals surface area contributed by atoms with Gasteiger partial charge in [0.2, 0.25) is 5.91 Å². The van der Waals surface area contributed by atoms with Gasteiger partial charge < -0.3 is 14.4 Å². The number of ether oxygens (including phenoxy) is 2. The van der Waals surface area contributed by atoms with Crippen LogP contribution in [0.1, 0.15) is 5.56 Å². The second-order valence-corrected chi connectivity index (χ2v) is 4.20. The van der Waals surface area contributed by atoms with Crippen molar-refractivity contribution in [1.29, 1.82) is 0 Å². The minimum Gasteiger partial charge on any atom is -0.383 e. The molecule has 0 saturated carbocycles. The summed E-state index contributed by atoms with van der Waals surface area (Å²) in [5.74, 6) is -0.474. The molecule has 1 aromatic rings. The van der Waals surface area contributed by atoms with E-state index >= 15 is 0 Å². The van der Waals surface area contributed by atoms with Crippen LogP contribution < -0.4 is 0 Å². The summed E-state index contributed by atoms with van der Waals surface area (Å²) in [6.45, 7) is 1.91. The maximum Gasteiger partial charge on any atom is 0.246 e. The van der Waals surface area contributed by atoms with Crippen molar-refractivity contribution >= 4 is 12.0 Å². The third kappa shape index (κ3) is 5.95. The first-order chi connectivity index (χ1) is 9.67. The van der Waals surface area contributed by atoms with Gasteiger partial charge in [0.25, 0.3) is 0 Å². The number of halogens is 1. The molecule has 0 radical (unpaired) electrons. The molecular weight excluding hydrogens is 261 g/mol. The van der Waals surface area contributed by atoms with Crippen LogP contribution in [0.15, 0.2) is 30.3 Å². The first-order valence-electron chi connectivity index (χ1n) is 6.38. The lowest BCUT2D eigenvalue weighted by molar-refractivity contribution is -0.127. The number of carbonyl (C=O) groups excluding carboxylic acids is 1. The molecule has 0 fully saturated rings. The summed E-state index contributed by atoms with van der Waals surface area (Å²) in [6, 6.07) is 6.08. The summed E-state index contributed by atoms with van der Waals surface area (Å²) in [7, 11) is 3.17. The zero-order valence-corrected chi connectivity index (χ0v) is 11.8. The van der Waals surface area contributed by atoms with Crippen LogP contribution in [-0.2, 0) is 14.3 Å². The first kappa shape index (κ1) is 16.3. The van der Waals surface area contributed by atoms with E-state index in [0.29, 0.717) is 31.9 Å². The van der Waals surface area contributed by atoms with Crippen molar-refractivity contribution in [3.63, 3.8) is 0 Å². The topological polar surface area (TPSA) is 38.8 Å². The lowest BCUT2D eigenvalue weighted by Crippen LogP contribution is -2.35. The van der Waals surface area contributed by atoms with E-state index in [1.807, 2.05) is 0 Å². The number of benzene rings is 1. The molecule has 0 atom stereocenters. The molecular formula is C15H20FNO3. The van der Waals surface area contributed by atoms with Gasteiger partial charge in [-0.25, -0.2) is 4.39 Å². The molecule has 0 N–H and O–H groups in total. The average molecular weight is 281 g/mol. The quantitative estimate of drug-likeness (QED) is 0.684. The summed E-state index contributed by atoms with van der Waals surface area (Å²) < 4.78 is 23.0. The highest BCUT2D eigenvalue weighted by Gasteiger charge is 2.09. The minimum atomic E-state index is -0.324. The van der Waals surface area contributed by atoms with E-state index in [9.17, 15) is 9.18 Å². The highest BCUT2D eigenvalue weighted by atomic mass is 19.1. The van der Waals surface area contributed by atoms with E-state index in [1.165, 1.54) is 18.2 Å². The van der Waals surface area contributed by atoms with Crippen molar-refractivity contribution in [1.82, 2.24) is 4.90 Å². The fourth-order valence-electron chi connectivity index (χ4n) is 1.62. The molecule has 1 amide bonds. The van der Waals surface area contributed by atoms with E-state index in [0.717, 1.165) is 0 Å². The van der Waals surface area contributed by atoms with Gasteiger partial charge in [-0.2, -0.15) is 0 Å². The predicted octanol–water partition coefficient (Wildman–Crippen LogP) is 1.96. The number of nitrogens with zero attached hydrogens (tertiary/aromatic N) is 1. The molecule has 4 nitrogen and oxygen atoms in total. The smallest absolute Gasteiger partial charge is 0.246 e. The van der Waals surface area contributed by atoms with Crippen LogP contribution in [0.5, 0.6) is 0 Å². The standard InChI is InChI=1S/C15H20FNO3/c1-19-10-8-17(9-11-20-2)15(18)7-6-13-4-3-5-14(16)12-13/h3-7,12H,8-11H2,1-2H3/b7-6+. The van der Waals surface area contributed by atoms with Crippen molar-refractivity contribution in [2.75, 3.05) is 40.5 Å². The van der Waals surface area contributed by atoms with Crippen LogP contribution in [0.25, 0.3) is 6.08 Å². The van der Waals surface area contributed by atoms with Crippen molar-refractivity contribution in [2.24, 2.45) is 0 Å². The predicted molar refractivity (Wildman–Crippen MR) is 75.8 cm³/mol. The maximum absolute atomic E-state index is 13.0. The Labute approximate surface area is 118 Å². The van der Waals surface area contributed by atoms with Crippen LogP contribution in [-0.4, -0.2) is 51.3 Å². The summed E-state index contributed by atoms with van der Waals surface area (Å²) >= 11 is 0. The van der Waals surface area contributed by atoms with Gasteiger partial charge in [0.15, 0.2) is 0 Å². The van der Waals surface area contributed by atoms with Crippen molar-refractivity contribution in [2.45, 2.75) is 0 Å². The molecule has 0 spiro atoms. The number of hydrogen-bond donors (Lipinski definition) is 0. The van der Waals surface area contributed by atoms with Crippen LogP contribution >= 0.6 is 0 Å². The first-order valence-corrected chi connectivity index (χ1v) is 6.38. The molecule has 1 rings (SSSR count). The van der Waals surface area contributed by atoms with Crippen LogP contribution in [0, 0.1) is 5.82 Å². The molecule has 0 aliphatic carbocycles. The van der Waals surface area contributed by atoms with Crippen LogP contribution in [0.2, 0.25) is 0 Å². The van der Waals surface area contributed by atoms with Gasteiger partial charge in [0.05, 0.1) is 13.2 Å². The van der Waals surface area contributed by atoms with Gasteiger partial charge in [-0.15, -0.1) is 0 Å². The largest absolute Gasteiger partial charge is 0.383 e. The van der Waals surface area contributed by atoms with Gasteiger partial charge in [0, 0.05) is 33.4 Å². The Morgan fingerprint density at radius 1 is 1.25 bits per heavy atom. The summed E-state index contributed by atoms with van der Waals surface area (Å²) in [4.78, 5) is 13.7. The fraction of sp³-hybridized carbons (Fsp3) is 0.400. The molecule has 0 unspecified atom stereocenters. The Bertz CT molecular complexity index is 440. The van der Waals surface area contributed by atoms with Crippen molar-refractivity contribution < 1.29 is 18.7 Å². The van der Waals surface area contributed by atoms with Gasteiger partial charge in [-0.1, -0.05) is 12.1 Å². The fourth-order valence-corrected chi connectivity index (χ4v) is 1.62. The highest BCUT2D eigenvalue weighted by molar-refractivity contribution is 5.91. The van der Waals surface area contributed by atoms with Crippen LogP contribution in [0.3, 0.4) is 0 Å². The Kier molecular flexibility index (Phi) is 7.54. The minimum absolute atomic E-state index is 0.150. The molecule has 0 aliphatic rings. The van der Waals surface area contributed by atoms with Gasteiger partial charge in [0.1, 0.15) is 5.82 Å². The molecule has 1 aromatic carbocycles. The number of methoxy groups -OCH3 is 2. The van der Waals surface area contributed by atoms with Crippen LogP contribution in [0.4, 0.5) is 4.39 Å². The molecule has 5 heteroatoms. The number of carbonyl (C=O) groups is 1. The monoisotopic (exact) mass is 281 g/mol. The van der Waals surface area contributed by atoms with E-state index in [2.05, 4.69) is 0 Å². The second-order valence-electron chi connectivity index (χ2n) is 4.20. The summed E-state index contributed by atoms with van der Waals surface area (Å²) in [5.41, 5.74) is 0.650. The van der Waals surface area contributed by atoms with E-state index in [-0.39, 0.29) is 11.7 Å². The summed E-state index contributed by atoms with van der Waals surface area (Å²) in [6.07, 6.45) is 3.03. The zero-order valence-electron chi connectivity index (χ0n) is 11.8. The third-order valence-corrected chi connectivity index (χ3v) is 2.71. The van der Waals surface area contributed by atoms with Gasteiger partial charge in [-0.05, 0) is 23.8 Å². The number of hydrogen-bond acceptors (Lipinski definition) is 3. The molecule has 0 aliphatic heterocycles. The SMILES string of the molecule is COCCN(CCOC)C(=O)/C=C/c1cccc(F)c1. The molecule has 0 heterocycles. The lowest BCUT2D eigenvalue weighted by Gasteiger charge is -2.20. The molecule has 0 bridgehead atoms. The average Bonchev–Trinajstić information content (AvgIpc) is 2.45. The molecule has 20 heavy (non-hydrogen) atoms. The zero-order chi connectivity index (χ0) is 14.8. The Hall–Kier alpha value is -1.72. The Morgan fingerprint density at radius 3 is 2.45 bits per heavy atom. The van der Waals surface area contributed by atoms with E-state index in [1.54, 1.807) is 37.3 Å². The van der Waals surface area contributed by atoms with Crippen molar-refractivity contribution in [3.05, 3.63) is 41.7 Å². The van der Waals surface area contributed by atoms with E-state index < -0.39 is 0 Å². The number of amides is 1. The lowest BCUT2D eigenvalue weighted by atomic mass is 10.2. The highest BCUT2D eigenvalue weighted by Crippen LogP contribution is 2.06. The van der Waals surface area contributed by atoms with Gasteiger partial charge >= 0.3 is 0 Å². The Balaban J connectivity index is 2.63. The Morgan fingerprint density at radius 2 is 1.90 bits per heavy atom. The molecule has 0 aromatic heterocycles. The van der Waals surface area contributed by atoms with Crippen molar-refractivity contribution in [3.8, 4) is 0 Å². The second kappa shape index (κ2) is 9.23. The normalized spacial score (nSPS) is 10.9. The van der Waals surface area contributed by atoms with E-state index in [4.69, 9.17) is 9.47 Å². The molecule has 0 saturated heterocycles. The number of rotatable bonds is 8. The summed E-state index contributed by atoms with van der Waals surface area (Å²) in [5, 5.41) is 0. The maximum atomic E-state index is 13.0. The molecule has 110 valence electrons. The third-order valence-electron chi connectivity index (χ3n) is 2.71.